The van der Waals surface area contributed by atoms with E-state index >= 15 is 0 Å². The average molecular weight is 367 g/mol. The molecule has 2 aromatic rings. The number of rotatable bonds is 6. The Balaban J connectivity index is 1.48. The lowest BCUT2D eigenvalue weighted by atomic mass is 10.1. The van der Waals surface area contributed by atoms with Crippen LogP contribution in [0.1, 0.15) is 18.1 Å². The van der Waals surface area contributed by atoms with Gasteiger partial charge < -0.3 is 15.0 Å². The van der Waals surface area contributed by atoms with Gasteiger partial charge in [0.1, 0.15) is 5.75 Å². The van der Waals surface area contributed by atoms with Crippen LogP contribution in [-0.4, -0.2) is 50.1 Å². The van der Waals surface area contributed by atoms with Gasteiger partial charge in [-0.2, -0.15) is 0 Å². The molecule has 0 unspecified atom stereocenters. The van der Waals surface area contributed by atoms with Crippen molar-refractivity contribution in [2.45, 2.75) is 26.4 Å². The smallest absolute Gasteiger partial charge is 0.237 e. The van der Waals surface area contributed by atoms with E-state index in [-0.39, 0.29) is 11.9 Å². The minimum Gasteiger partial charge on any atom is -0.497 e. The number of nitrogens with one attached hydrogen (secondary N) is 1. The van der Waals surface area contributed by atoms with Crippen LogP contribution in [0, 0.1) is 6.92 Å². The van der Waals surface area contributed by atoms with E-state index in [0.717, 1.165) is 37.5 Å². The molecular formula is C22H29N3O2. The van der Waals surface area contributed by atoms with Crippen molar-refractivity contribution in [1.82, 2.24) is 10.2 Å². The van der Waals surface area contributed by atoms with Gasteiger partial charge in [-0.15, -0.1) is 0 Å². The lowest BCUT2D eigenvalue weighted by Gasteiger charge is -2.39. The number of anilines is 1. The summed E-state index contributed by atoms with van der Waals surface area (Å²) in [5.74, 6) is 0.903. The van der Waals surface area contributed by atoms with E-state index in [1.54, 1.807) is 7.11 Å². The highest BCUT2D eigenvalue weighted by Gasteiger charge is 2.25. The van der Waals surface area contributed by atoms with Crippen molar-refractivity contribution >= 4 is 11.6 Å². The summed E-state index contributed by atoms with van der Waals surface area (Å²) >= 11 is 0. The standard InChI is InChI=1S/C22H29N3O2/c1-17-6-4-5-7-21(17)25-14-12-24(13-15-25)18(2)22(26)23-16-19-8-10-20(27-3)11-9-19/h4-11,18H,12-16H2,1-3H3,(H,23,26)/t18-/m1/s1. The van der Waals surface area contributed by atoms with Crippen LogP contribution >= 0.6 is 0 Å². The molecule has 1 fully saturated rings. The largest absolute Gasteiger partial charge is 0.497 e. The maximum Gasteiger partial charge on any atom is 0.237 e. The van der Waals surface area contributed by atoms with Gasteiger partial charge in [0.2, 0.25) is 5.91 Å². The minimum atomic E-state index is -0.123. The van der Waals surface area contributed by atoms with Gasteiger partial charge in [0.05, 0.1) is 13.2 Å². The van der Waals surface area contributed by atoms with Crippen LogP contribution < -0.4 is 15.0 Å². The Morgan fingerprint density at radius 3 is 2.37 bits per heavy atom. The highest BCUT2D eigenvalue weighted by molar-refractivity contribution is 5.81. The second-order valence-corrected chi connectivity index (χ2v) is 7.05. The maximum atomic E-state index is 12.6. The maximum absolute atomic E-state index is 12.6. The SMILES string of the molecule is COc1ccc(CNC(=O)[C@@H](C)N2CCN(c3ccccc3C)CC2)cc1. The predicted octanol–water partition coefficient (Wildman–Crippen LogP) is 2.83. The number of ether oxygens (including phenoxy) is 1. The number of piperazine rings is 1. The zero-order valence-corrected chi connectivity index (χ0v) is 16.4. The number of carbonyl (C=O) groups excluding carboxylic acids is 1. The van der Waals surface area contributed by atoms with Crippen LogP contribution in [0.2, 0.25) is 0 Å². The third kappa shape index (κ3) is 4.80. The quantitative estimate of drug-likeness (QED) is 0.853. The summed E-state index contributed by atoms with van der Waals surface area (Å²) in [5.41, 5.74) is 3.67. The van der Waals surface area contributed by atoms with Gasteiger partial charge in [0, 0.05) is 38.4 Å². The van der Waals surface area contributed by atoms with Crippen molar-refractivity contribution in [2.75, 3.05) is 38.2 Å². The predicted molar refractivity (Wildman–Crippen MR) is 109 cm³/mol. The molecule has 144 valence electrons. The zero-order valence-electron chi connectivity index (χ0n) is 16.4. The van der Waals surface area contributed by atoms with Crippen LogP contribution in [0.25, 0.3) is 0 Å². The number of para-hydroxylation sites is 1. The number of methoxy groups -OCH3 is 1. The Bertz CT molecular complexity index is 752. The fraction of sp³-hybridized carbons (Fsp3) is 0.409. The molecule has 5 heteroatoms. The highest BCUT2D eigenvalue weighted by atomic mass is 16.5. The summed E-state index contributed by atoms with van der Waals surface area (Å²) in [7, 11) is 1.65. The van der Waals surface area contributed by atoms with Gasteiger partial charge in [-0.05, 0) is 43.2 Å². The molecule has 1 aliphatic rings. The molecule has 2 aromatic carbocycles. The first kappa shape index (κ1) is 19.2. The van der Waals surface area contributed by atoms with Gasteiger partial charge in [0.15, 0.2) is 0 Å². The third-order valence-corrected chi connectivity index (χ3v) is 5.32. The topological polar surface area (TPSA) is 44.8 Å². The number of amides is 1. The Morgan fingerprint density at radius 2 is 1.74 bits per heavy atom. The highest BCUT2D eigenvalue weighted by Crippen LogP contribution is 2.21. The lowest BCUT2D eigenvalue weighted by molar-refractivity contribution is -0.126. The second kappa shape index (κ2) is 8.91. The van der Waals surface area contributed by atoms with Gasteiger partial charge in [-0.1, -0.05) is 30.3 Å². The Morgan fingerprint density at radius 1 is 1.07 bits per heavy atom. The molecule has 0 bridgehead atoms. The Labute approximate surface area is 161 Å². The van der Waals surface area contributed by atoms with E-state index in [0.29, 0.717) is 6.54 Å². The monoisotopic (exact) mass is 367 g/mol. The summed E-state index contributed by atoms with van der Waals surface area (Å²) in [5, 5.41) is 3.05. The van der Waals surface area contributed by atoms with E-state index in [4.69, 9.17) is 4.74 Å². The molecule has 0 radical (unpaired) electrons. The van der Waals surface area contributed by atoms with E-state index in [9.17, 15) is 4.79 Å². The van der Waals surface area contributed by atoms with E-state index in [2.05, 4.69) is 46.3 Å². The molecule has 3 rings (SSSR count). The van der Waals surface area contributed by atoms with Crippen LogP contribution in [-0.2, 0) is 11.3 Å². The first-order chi connectivity index (χ1) is 13.1. The molecular weight excluding hydrogens is 338 g/mol. The molecule has 27 heavy (non-hydrogen) atoms. The van der Waals surface area contributed by atoms with Crippen molar-refractivity contribution in [1.29, 1.82) is 0 Å². The van der Waals surface area contributed by atoms with Crippen molar-refractivity contribution in [3.63, 3.8) is 0 Å². The number of carbonyl (C=O) groups is 1. The fourth-order valence-electron chi connectivity index (χ4n) is 3.51. The summed E-state index contributed by atoms with van der Waals surface area (Å²) in [6.45, 7) is 8.36. The Kier molecular flexibility index (Phi) is 6.35. The molecule has 1 heterocycles. The third-order valence-electron chi connectivity index (χ3n) is 5.32. The van der Waals surface area contributed by atoms with Crippen LogP contribution in [0.15, 0.2) is 48.5 Å². The van der Waals surface area contributed by atoms with Gasteiger partial charge in [-0.3, -0.25) is 9.69 Å². The molecule has 5 nitrogen and oxygen atoms in total. The molecule has 0 aromatic heterocycles. The normalized spacial score (nSPS) is 16.0. The van der Waals surface area contributed by atoms with Gasteiger partial charge in [-0.25, -0.2) is 0 Å². The summed E-state index contributed by atoms with van der Waals surface area (Å²) in [6, 6.07) is 16.1. The first-order valence-electron chi connectivity index (χ1n) is 9.54. The molecule has 0 spiro atoms. The van der Waals surface area contributed by atoms with Crippen LogP contribution in [0.4, 0.5) is 5.69 Å². The van der Waals surface area contributed by atoms with E-state index in [1.165, 1.54) is 11.3 Å². The van der Waals surface area contributed by atoms with Crippen LogP contribution in [0.3, 0.4) is 0 Å². The lowest BCUT2D eigenvalue weighted by Crippen LogP contribution is -2.54. The molecule has 0 saturated carbocycles. The molecule has 1 amide bonds. The molecule has 1 atom stereocenters. The molecule has 0 aliphatic carbocycles. The van der Waals surface area contributed by atoms with Crippen molar-refractivity contribution in [2.24, 2.45) is 0 Å². The van der Waals surface area contributed by atoms with E-state index < -0.39 is 0 Å². The molecule has 1 saturated heterocycles. The van der Waals surface area contributed by atoms with Gasteiger partial charge in [0.25, 0.3) is 0 Å². The second-order valence-electron chi connectivity index (χ2n) is 7.05. The average Bonchev–Trinajstić information content (AvgIpc) is 2.72. The van der Waals surface area contributed by atoms with E-state index in [1.807, 2.05) is 31.2 Å². The molecule has 1 N–H and O–H groups in total. The number of hydrogen-bond acceptors (Lipinski definition) is 4. The number of nitrogens with zero attached hydrogens (tertiary/aromatic N) is 2. The number of benzene rings is 2. The van der Waals surface area contributed by atoms with Crippen LogP contribution in [0.5, 0.6) is 5.75 Å². The fourth-order valence-corrected chi connectivity index (χ4v) is 3.51. The van der Waals surface area contributed by atoms with Crippen molar-refractivity contribution in [3.8, 4) is 5.75 Å². The first-order valence-corrected chi connectivity index (χ1v) is 9.54. The summed E-state index contributed by atoms with van der Waals surface area (Å²) in [6.07, 6.45) is 0. The molecule has 1 aliphatic heterocycles. The Hall–Kier alpha value is -2.53. The van der Waals surface area contributed by atoms with Crippen molar-refractivity contribution < 1.29 is 9.53 Å². The summed E-state index contributed by atoms with van der Waals surface area (Å²) in [4.78, 5) is 17.2. The number of hydrogen-bond donors (Lipinski definition) is 1. The zero-order chi connectivity index (χ0) is 19.2. The minimum absolute atomic E-state index is 0.0789. The number of aryl methyl sites for hydroxylation is 1. The van der Waals surface area contributed by atoms with Crippen molar-refractivity contribution in [3.05, 3.63) is 59.7 Å². The summed E-state index contributed by atoms with van der Waals surface area (Å²) < 4.78 is 5.16. The van der Waals surface area contributed by atoms with Gasteiger partial charge >= 0.3 is 0 Å².